The minimum atomic E-state index is -0.332. The predicted octanol–water partition coefficient (Wildman–Crippen LogP) is 4.90. The predicted molar refractivity (Wildman–Crippen MR) is 107 cm³/mol. The van der Waals surface area contributed by atoms with Crippen molar-refractivity contribution in [2.24, 2.45) is 0 Å². The molecule has 1 N–H and O–H groups in total. The average molecular weight is 398 g/mol. The van der Waals surface area contributed by atoms with Crippen LogP contribution in [0, 0.1) is 11.6 Å². The summed E-state index contributed by atoms with van der Waals surface area (Å²) < 4.78 is 32.1. The van der Waals surface area contributed by atoms with E-state index in [1.165, 1.54) is 24.3 Å². The SMILES string of the molecule is CC(C)N(Cc1cccc(F)c1)Cc1ccc(C(=O)NCc2ccc(F)cc2)o1. The van der Waals surface area contributed by atoms with Gasteiger partial charge in [-0.2, -0.15) is 0 Å². The van der Waals surface area contributed by atoms with E-state index in [4.69, 9.17) is 4.42 Å². The van der Waals surface area contributed by atoms with E-state index < -0.39 is 0 Å². The molecule has 2 aromatic carbocycles. The second-order valence-corrected chi connectivity index (χ2v) is 7.20. The number of nitrogens with zero attached hydrogens (tertiary/aromatic N) is 1. The molecule has 3 aromatic rings. The minimum absolute atomic E-state index is 0.208. The Morgan fingerprint density at radius 3 is 2.41 bits per heavy atom. The lowest BCUT2D eigenvalue weighted by Gasteiger charge is -2.25. The molecule has 0 aliphatic heterocycles. The maximum Gasteiger partial charge on any atom is 0.287 e. The zero-order valence-electron chi connectivity index (χ0n) is 16.5. The van der Waals surface area contributed by atoms with E-state index in [1.807, 2.05) is 6.07 Å². The standard InChI is InChI=1S/C23H24F2N2O2/c1-16(2)27(14-18-4-3-5-20(25)12-18)15-21-10-11-22(29-21)23(28)26-13-17-6-8-19(24)9-7-17/h3-12,16H,13-15H2,1-2H3,(H,26,28). The summed E-state index contributed by atoms with van der Waals surface area (Å²) in [5.74, 6) is -0.0339. The zero-order chi connectivity index (χ0) is 20.8. The number of carbonyl (C=O) groups excluding carboxylic acids is 1. The molecule has 1 amide bonds. The molecule has 0 aliphatic rings. The number of hydrogen-bond donors (Lipinski definition) is 1. The first-order chi connectivity index (χ1) is 13.9. The van der Waals surface area contributed by atoms with Crippen molar-refractivity contribution in [3.63, 3.8) is 0 Å². The molecule has 0 saturated carbocycles. The minimum Gasteiger partial charge on any atom is -0.455 e. The topological polar surface area (TPSA) is 45.5 Å². The largest absolute Gasteiger partial charge is 0.455 e. The number of amides is 1. The van der Waals surface area contributed by atoms with Gasteiger partial charge in [0.2, 0.25) is 0 Å². The van der Waals surface area contributed by atoms with Crippen molar-refractivity contribution >= 4 is 5.91 Å². The summed E-state index contributed by atoms with van der Waals surface area (Å²) in [6.07, 6.45) is 0. The third-order valence-electron chi connectivity index (χ3n) is 4.62. The summed E-state index contributed by atoms with van der Waals surface area (Å²) in [7, 11) is 0. The van der Waals surface area contributed by atoms with Crippen molar-refractivity contribution in [2.75, 3.05) is 0 Å². The van der Waals surface area contributed by atoms with Crippen LogP contribution in [0.4, 0.5) is 8.78 Å². The molecular formula is C23H24F2N2O2. The van der Waals surface area contributed by atoms with Gasteiger partial charge in [0, 0.05) is 19.1 Å². The molecule has 0 bridgehead atoms. The molecular weight excluding hydrogens is 374 g/mol. The Labute approximate surface area is 169 Å². The number of hydrogen-bond acceptors (Lipinski definition) is 3. The van der Waals surface area contributed by atoms with E-state index in [9.17, 15) is 13.6 Å². The van der Waals surface area contributed by atoms with Crippen molar-refractivity contribution in [2.45, 2.75) is 39.5 Å². The van der Waals surface area contributed by atoms with E-state index in [0.29, 0.717) is 18.8 Å². The molecule has 0 aliphatic carbocycles. The highest BCUT2D eigenvalue weighted by Gasteiger charge is 2.16. The van der Waals surface area contributed by atoms with Crippen LogP contribution in [0.3, 0.4) is 0 Å². The van der Waals surface area contributed by atoms with Crippen LogP contribution in [0.1, 0.15) is 41.3 Å². The summed E-state index contributed by atoms with van der Waals surface area (Å²) in [4.78, 5) is 14.4. The van der Waals surface area contributed by atoms with Gasteiger partial charge in [0.25, 0.3) is 5.91 Å². The van der Waals surface area contributed by atoms with Gasteiger partial charge in [-0.05, 0) is 61.4 Å². The van der Waals surface area contributed by atoms with Gasteiger partial charge in [0.15, 0.2) is 5.76 Å². The van der Waals surface area contributed by atoms with Crippen LogP contribution in [0.2, 0.25) is 0 Å². The van der Waals surface area contributed by atoms with E-state index in [0.717, 1.165) is 11.1 Å². The smallest absolute Gasteiger partial charge is 0.287 e. The second-order valence-electron chi connectivity index (χ2n) is 7.20. The van der Waals surface area contributed by atoms with Crippen LogP contribution in [0.25, 0.3) is 0 Å². The van der Waals surface area contributed by atoms with Crippen molar-refractivity contribution in [1.82, 2.24) is 10.2 Å². The maximum absolute atomic E-state index is 13.5. The van der Waals surface area contributed by atoms with Crippen molar-refractivity contribution in [1.29, 1.82) is 0 Å². The van der Waals surface area contributed by atoms with Crippen LogP contribution in [-0.4, -0.2) is 16.8 Å². The molecule has 0 atom stereocenters. The van der Waals surface area contributed by atoms with Crippen molar-refractivity contribution in [3.05, 3.63) is 94.9 Å². The number of rotatable bonds is 8. The maximum atomic E-state index is 13.5. The molecule has 3 rings (SSSR count). The highest BCUT2D eigenvalue weighted by atomic mass is 19.1. The van der Waals surface area contributed by atoms with Gasteiger partial charge in [-0.1, -0.05) is 24.3 Å². The highest BCUT2D eigenvalue weighted by molar-refractivity contribution is 5.91. The molecule has 0 saturated heterocycles. The number of furan rings is 1. The Bertz CT molecular complexity index is 952. The fourth-order valence-electron chi connectivity index (χ4n) is 2.95. The first-order valence-electron chi connectivity index (χ1n) is 9.50. The van der Waals surface area contributed by atoms with Gasteiger partial charge in [-0.3, -0.25) is 9.69 Å². The number of benzene rings is 2. The van der Waals surface area contributed by atoms with Crippen LogP contribution in [-0.2, 0) is 19.6 Å². The Balaban J connectivity index is 1.59. The zero-order valence-corrected chi connectivity index (χ0v) is 16.5. The van der Waals surface area contributed by atoms with Crippen LogP contribution >= 0.6 is 0 Å². The molecule has 0 radical (unpaired) electrons. The fraction of sp³-hybridized carbons (Fsp3) is 0.261. The normalized spacial score (nSPS) is 11.2. The van der Waals surface area contributed by atoms with Gasteiger partial charge in [0.1, 0.15) is 17.4 Å². The Morgan fingerprint density at radius 2 is 1.72 bits per heavy atom. The quantitative estimate of drug-likeness (QED) is 0.587. The van der Waals surface area contributed by atoms with Gasteiger partial charge in [0.05, 0.1) is 6.54 Å². The van der Waals surface area contributed by atoms with E-state index in [-0.39, 0.29) is 35.9 Å². The third kappa shape index (κ3) is 5.99. The number of carbonyl (C=O) groups is 1. The van der Waals surface area contributed by atoms with Crippen LogP contribution in [0.15, 0.2) is 65.1 Å². The summed E-state index contributed by atoms with van der Waals surface area (Å²) >= 11 is 0. The molecule has 4 nitrogen and oxygen atoms in total. The van der Waals surface area contributed by atoms with Gasteiger partial charge >= 0.3 is 0 Å². The third-order valence-corrected chi connectivity index (χ3v) is 4.62. The van der Waals surface area contributed by atoms with Gasteiger partial charge in [-0.15, -0.1) is 0 Å². The summed E-state index contributed by atoms with van der Waals surface area (Å²) in [5, 5.41) is 2.76. The lowest BCUT2D eigenvalue weighted by atomic mass is 10.2. The first kappa shape index (κ1) is 20.7. The van der Waals surface area contributed by atoms with Crippen molar-refractivity contribution < 1.29 is 18.0 Å². The lowest BCUT2D eigenvalue weighted by Crippen LogP contribution is -2.29. The van der Waals surface area contributed by atoms with Gasteiger partial charge < -0.3 is 9.73 Å². The molecule has 1 aromatic heterocycles. The monoisotopic (exact) mass is 398 g/mol. The molecule has 0 spiro atoms. The molecule has 0 fully saturated rings. The van der Waals surface area contributed by atoms with E-state index in [1.54, 1.807) is 30.3 Å². The Hall–Kier alpha value is -2.99. The number of nitrogens with one attached hydrogen (secondary N) is 1. The van der Waals surface area contributed by atoms with Gasteiger partial charge in [-0.25, -0.2) is 8.78 Å². The Morgan fingerprint density at radius 1 is 0.966 bits per heavy atom. The first-order valence-corrected chi connectivity index (χ1v) is 9.50. The average Bonchev–Trinajstić information content (AvgIpc) is 3.15. The van der Waals surface area contributed by atoms with E-state index >= 15 is 0 Å². The lowest BCUT2D eigenvalue weighted by molar-refractivity contribution is 0.0917. The summed E-state index contributed by atoms with van der Waals surface area (Å²) in [6.45, 7) is 5.46. The fourth-order valence-corrected chi connectivity index (χ4v) is 2.95. The van der Waals surface area contributed by atoms with E-state index in [2.05, 4.69) is 24.1 Å². The molecule has 6 heteroatoms. The van der Waals surface area contributed by atoms with Crippen LogP contribution in [0.5, 0.6) is 0 Å². The molecule has 1 heterocycles. The number of halogens is 2. The summed E-state index contributed by atoms with van der Waals surface area (Å²) in [5.41, 5.74) is 1.68. The second kappa shape index (κ2) is 9.47. The summed E-state index contributed by atoms with van der Waals surface area (Å²) in [6, 6.07) is 16.1. The molecule has 0 unspecified atom stereocenters. The highest BCUT2D eigenvalue weighted by Crippen LogP contribution is 2.16. The van der Waals surface area contributed by atoms with Crippen LogP contribution < -0.4 is 5.32 Å². The van der Waals surface area contributed by atoms with Crippen molar-refractivity contribution in [3.8, 4) is 0 Å². The molecule has 29 heavy (non-hydrogen) atoms. The molecule has 152 valence electrons. The Kier molecular flexibility index (Phi) is 6.77.